The van der Waals surface area contributed by atoms with E-state index in [1.807, 2.05) is 20.8 Å². The molecule has 92 valence electrons. The summed E-state index contributed by atoms with van der Waals surface area (Å²) in [5.74, 6) is 0.374. The number of Topliss-reactive ketones (excluding diaryl/α,β-unsaturated/α-hetero) is 1. The lowest BCUT2D eigenvalue weighted by molar-refractivity contribution is -0.128. The zero-order valence-electron chi connectivity index (χ0n) is 10.8. The van der Waals surface area contributed by atoms with Crippen molar-refractivity contribution in [2.45, 2.75) is 39.7 Å². The van der Waals surface area contributed by atoms with Crippen LogP contribution in [0.4, 0.5) is 0 Å². The average Bonchev–Trinajstić information content (AvgIpc) is 2.63. The predicted molar refractivity (Wildman–Crippen MR) is 65.5 cm³/mol. The zero-order chi connectivity index (χ0) is 11.8. The number of fused-ring (bicyclic) bond motifs is 1. The second kappa shape index (κ2) is 4.46. The molecule has 3 nitrogen and oxygen atoms in total. The molecule has 0 aromatic heterocycles. The summed E-state index contributed by atoms with van der Waals surface area (Å²) in [6, 6.07) is 0.724. The molecule has 0 bridgehead atoms. The summed E-state index contributed by atoms with van der Waals surface area (Å²) in [5, 5.41) is 0. The van der Waals surface area contributed by atoms with E-state index in [0.717, 1.165) is 25.7 Å². The summed E-state index contributed by atoms with van der Waals surface area (Å²) in [6.45, 7) is 11.3. The van der Waals surface area contributed by atoms with Gasteiger partial charge in [0.15, 0.2) is 5.78 Å². The normalized spacial score (nSPS) is 28.1. The fourth-order valence-corrected chi connectivity index (χ4v) is 2.64. The van der Waals surface area contributed by atoms with Gasteiger partial charge in [0, 0.05) is 31.1 Å². The van der Waals surface area contributed by atoms with Gasteiger partial charge in [0.05, 0.1) is 6.54 Å². The average molecular weight is 224 g/mol. The van der Waals surface area contributed by atoms with Gasteiger partial charge in [0.25, 0.3) is 0 Å². The summed E-state index contributed by atoms with van der Waals surface area (Å²) in [7, 11) is 0. The Bertz CT molecular complexity index is 270. The molecule has 0 N–H and O–H groups in total. The number of piperazine rings is 1. The van der Waals surface area contributed by atoms with Crippen LogP contribution >= 0.6 is 0 Å². The Morgan fingerprint density at radius 2 is 2.00 bits per heavy atom. The second-order valence-corrected chi connectivity index (χ2v) is 6.24. The van der Waals surface area contributed by atoms with Gasteiger partial charge < -0.3 is 0 Å². The van der Waals surface area contributed by atoms with Crippen LogP contribution in [0.3, 0.4) is 0 Å². The largest absolute Gasteiger partial charge is 0.298 e. The summed E-state index contributed by atoms with van der Waals surface area (Å²) in [6.07, 6.45) is 2.66. The number of rotatable bonds is 2. The van der Waals surface area contributed by atoms with E-state index in [-0.39, 0.29) is 5.41 Å². The van der Waals surface area contributed by atoms with Gasteiger partial charge >= 0.3 is 0 Å². The molecule has 1 unspecified atom stereocenters. The van der Waals surface area contributed by atoms with E-state index in [0.29, 0.717) is 12.3 Å². The Hall–Kier alpha value is -0.410. The van der Waals surface area contributed by atoms with Crippen molar-refractivity contribution in [1.82, 2.24) is 9.80 Å². The molecule has 2 aliphatic heterocycles. The van der Waals surface area contributed by atoms with Gasteiger partial charge in [-0.1, -0.05) is 20.8 Å². The molecule has 2 fully saturated rings. The molecule has 2 saturated heterocycles. The highest BCUT2D eigenvalue weighted by Gasteiger charge is 2.32. The Morgan fingerprint density at radius 3 is 2.69 bits per heavy atom. The lowest BCUT2D eigenvalue weighted by Gasteiger charge is -2.38. The summed E-state index contributed by atoms with van der Waals surface area (Å²) < 4.78 is 0. The van der Waals surface area contributed by atoms with Gasteiger partial charge in [-0.25, -0.2) is 0 Å². The molecule has 0 saturated carbocycles. The standard InChI is InChI=1S/C13H24N2O/c1-13(2,3)12(16)10-14-7-8-15-6-4-5-11(15)9-14/h11H,4-10H2,1-3H3. The van der Waals surface area contributed by atoms with Crippen LogP contribution in [-0.4, -0.2) is 54.3 Å². The molecule has 2 aliphatic rings. The Labute approximate surface area is 98.8 Å². The highest BCUT2D eigenvalue weighted by atomic mass is 16.1. The minimum atomic E-state index is -0.188. The molecule has 0 spiro atoms. The van der Waals surface area contributed by atoms with Gasteiger partial charge in [-0.2, -0.15) is 0 Å². The van der Waals surface area contributed by atoms with Crippen LogP contribution in [-0.2, 0) is 4.79 Å². The molecule has 0 amide bonds. The Kier molecular flexibility index (Phi) is 3.36. The quantitative estimate of drug-likeness (QED) is 0.708. The van der Waals surface area contributed by atoms with Crippen LogP contribution in [0.15, 0.2) is 0 Å². The van der Waals surface area contributed by atoms with E-state index in [1.54, 1.807) is 0 Å². The fourth-order valence-electron chi connectivity index (χ4n) is 2.64. The van der Waals surface area contributed by atoms with Crippen molar-refractivity contribution in [3.05, 3.63) is 0 Å². The third-order valence-electron chi connectivity index (χ3n) is 3.88. The van der Waals surface area contributed by atoms with E-state index in [9.17, 15) is 4.79 Å². The number of carbonyl (C=O) groups excluding carboxylic acids is 1. The van der Waals surface area contributed by atoms with E-state index in [2.05, 4.69) is 9.80 Å². The minimum absolute atomic E-state index is 0.188. The SMILES string of the molecule is CC(C)(C)C(=O)CN1CCN2CCCC2C1. The van der Waals surface area contributed by atoms with Gasteiger partial charge in [0.1, 0.15) is 0 Å². The van der Waals surface area contributed by atoms with Gasteiger partial charge in [0.2, 0.25) is 0 Å². The van der Waals surface area contributed by atoms with Crippen molar-refractivity contribution in [3.8, 4) is 0 Å². The van der Waals surface area contributed by atoms with Crippen molar-refractivity contribution < 1.29 is 4.79 Å². The van der Waals surface area contributed by atoms with Crippen molar-refractivity contribution in [3.63, 3.8) is 0 Å². The number of hydrogen-bond acceptors (Lipinski definition) is 3. The smallest absolute Gasteiger partial charge is 0.152 e. The number of carbonyl (C=O) groups is 1. The lowest BCUT2D eigenvalue weighted by atomic mass is 9.90. The maximum atomic E-state index is 12.0. The predicted octanol–water partition coefficient (Wildman–Crippen LogP) is 1.38. The first-order valence-electron chi connectivity index (χ1n) is 6.46. The molecule has 0 aromatic carbocycles. The van der Waals surface area contributed by atoms with Crippen LogP contribution < -0.4 is 0 Å². The molecule has 2 rings (SSSR count). The first-order valence-corrected chi connectivity index (χ1v) is 6.46. The summed E-state index contributed by atoms with van der Waals surface area (Å²) >= 11 is 0. The molecule has 0 radical (unpaired) electrons. The number of ketones is 1. The van der Waals surface area contributed by atoms with Crippen molar-refractivity contribution in [2.75, 3.05) is 32.7 Å². The topological polar surface area (TPSA) is 23.6 Å². The highest BCUT2D eigenvalue weighted by Crippen LogP contribution is 2.22. The summed E-state index contributed by atoms with van der Waals surface area (Å²) in [5.41, 5.74) is -0.188. The third-order valence-corrected chi connectivity index (χ3v) is 3.88. The first kappa shape index (κ1) is 12.1. The van der Waals surface area contributed by atoms with Crippen LogP contribution in [0, 0.1) is 5.41 Å². The summed E-state index contributed by atoms with van der Waals surface area (Å²) in [4.78, 5) is 16.9. The van der Waals surface area contributed by atoms with Crippen LogP contribution in [0.25, 0.3) is 0 Å². The van der Waals surface area contributed by atoms with E-state index in [1.165, 1.54) is 19.4 Å². The Balaban J connectivity index is 1.85. The van der Waals surface area contributed by atoms with Gasteiger partial charge in [-0.05, 0) is 19.4 Å². The molecule has 2 heterocycles. The van der Waals surface area contributed by atoms with Crippen LogP contribution in [0.5, 0.6) is 0 Å². The van der Waals surface area contributed by atoms with Crippen LogP contribution in [0.1, 0.15) is 33.6 Å². The van der Waals surface area contributed by atoms with E-state index >= 15 is 0 Å². The van der Waals surface area contributed by atoms with Crippen molar-refractivity contribution in [2.24, 2.45) is 5.41 Å². The fraction of sp³-hybridized carbons (Fsp3) is 0.923. The van der Waals surface area contributed by atoms with Crippen molar-refractivity contribution >= 4 is 5.78 Å². The molecular weight excluding hydrogens is 200 g/mol. The monoisotopic (exact) mass is 224 g/mol. The second-order valence-electron chi connectivity index (χ2n) is 6.24. The molecule has 0 aliphatic carbocycles. The van der Waals surface area contributed by atoms with E-state index < -0.39 is 0 Å². The number of hydrogen-bond donors (Lipinski definition) is 0. The lowest BCUT2D eigenvalue weighted by Crippen LogP contribution is -2.52. The Morgan fingerprint density at radius 1 is 1.25 bits per heavy atom. The van der Waals surface area contributed by atoms with Gasteiger partial charge in [-0.3, -0.25) is 14.6 Å². The molecule has 16 heavy (non-hydrogen) atoms. The highest BCUT2D eigenvalue weighted by molar-refractivity contribution is 5.85. The van der Waals surface area contributed by atoms with E-state index in [4.69, 9.17) is 0 Å². The molecule has 3 heteroatoms. The third kappa shape index (κ3) is 2.64. The maximum absolute atomic E-state index is 12.0. The molecular formula is C13H24N2O. The van der Waals surface area contributed by atoms with Crippen LogP contribution in [0.2, 0.25) is 0 Å². The minimum Gasteiger partial charge on any atom is -0.298 e. The van der Waals surface area contributed by atoms with Gasteiger partial charge in [-0.15, -0.1) is 0 Å². The molecule has 0 aromatic rings. The first-order chi connectivity index (χ1) is 7.47. The maximum Gasteiger partial charge on any atom is 0.152 e. The number of nitrogens with zero attached hydrogens (tertiary/aromatic N) is 2. The molecule has 1 atom stereocenters. The zero-order valence-corrected chi connectivity index (χ0v) is 10.8. The van der Waals surface area contributed by atoms with Crippen molar-refractivity contribution in [1.29, 1.82) is 0 Å².